The van der Waals surface area contributed by atoms with E-state index in [1.165, 1.54) is 11.3 Å². The Balaban J connectivity index is 1.61. The summed E-state index contributed by atoms with van der Waals surface area (Å²) in [5.41, 5.74) is 1.21. The molecule has 2 heterocycles. The molecule has 4 rings (SSSR count). The number of ether oxygens (including phenoxy) is 2. The summed E-state index contributed by atoms with van der Waals surface area (Å²) in [4.78, 5) is 20.4. The highest BCUT2D eigenvalue weighted by atomic mass is 32.2. The Hall–Kier alpha value is -2.53. The number of hydrogen-bond acceptors (Lipinski definition) is 7. The number of thiazole rings is 1. The molecule has 1 aliphatic heterocycles. The molecular formula is C29H39N3O5S2. The number of fused-ring (bicyclic) bond motifs is 1. The first-order valence-electron chi connectivity index (χ1n) is 13.9. The molecule has 0 radical (unpaired) electrons. The van der Waals surface area contributed by atoms with Crippen molar-refractivity contribution in [1.82, 2.24) is 9.29 Å². The van der Waals surface area contributed by atoms with E-state index >= 15 is 0 Å². The number of benzene rings is 2. The fraction of sp³-hybridized carbons (Fsp3) is 0.517. The van der Waals surface area contributed by atoms with Crippen LogP contribution < -0.4 is 9.64 Å². The van der Waals surface area contributed by atoms with Crippen molar-refractivity contribution in [3.8, 4) is 5.75 Å². The Morgan fingerprint density at radius 2 is 1.79 bits per heavy atom. The number of unbranched alkanes of at least 4 members (excludes halogenated alkanes) is 2. The van der Waals surface area contributed by atoms with E-state index in [0.29, 0.717) is 43.5 Å². The average molecular weight is 574 g/mol. The second-order valence-electron chi connectivity index (χ2n) is 9.75. The van der Waals surface area contributed by atoms with E-state index in [1.807, 2.05) is 25.1 Å². The molecule has 10 heteroatoms. The number of aromatic nitrogens is 1. The van der Waals surface area contributed by atoms with Gasteiger partial charge in [0, 0.05) is 25.3 Å². The Labute approximate surface area is 236 Å². The standard InChI is InChI=1S/C29H39N3O5S2/c1-4-7-17-31(18-8-5-2)39(34,35)25-14-11-22(12-15-25)28(33)32(21-24-10-9-19-37-24)29-30-26-16-13-23(36-6-3)20-27(26)38-29/h11-16,20,24H,4-10,17-19,21H2,1-3H3. The lowest BCUT2D eigenvalue weighted by Crippen LogP contribution is -2.37. The summed E-state index contributed by atoms with van der Waals surface area (Å²) in [5, 5.41) is 0.584. The number of nitrogens with zero attached hydrogens (tertiary/aromatic N) is 3. The van der Waals surface area contributed by atoms with E-state index in [1.54, 1.807) is 33.5 Å². The number of hydrogen-bond donors (Lipinski definition) is 0. The monoisotopic (exact) mass is 573 g/mol. The molecule has 0 saturated carbocycles. The minimum Gasteiger partial charge on any atom is -0.494 e. The van der Waals surface area contributed by atoms with Crippen molar-refractivity contribution in [2.75, 3.05) is 37.7 Å². The fourth-order valence-corrected chi connectivity index (χ4v) is 7.12. The lowest BCUT2D eigenvalue weighted by molar-refractivity contribution is 0.0917. The number of carbonyl (C=O) groups is 1. The van der Waals surface area contributed by atoms with Gasteiger partial charge in [0.2, 0.25) is 10.0 Å². The van der Waals surface area contributed by atoms with E-state index in [9.17, 15) is 13.2 Å². The van der Waals surface area contributed by atoms with E-state index in [2.05, 4.69) is 13.8 Å². The van der Waals surface area contributed by atoms with Gasteiger partial charge in [-0.1, -0.05) is 38.0 Å². The fourth-order valence-electron chi connectivity index (χ4n) is 4.60. The van der Waals surface area contributed by atoms with Crippen LogP contribution in [0.2, 0.25) is 0 Å². The van der Waals surface area contributed by atoms with Crippen molar-refractivity contribution < 1.29 is 22.7 Å². The van der Waals surface area contributed by atoms with Gasteiger partial charge in [-0.3, -0.25) is 9.69 Å². The Bertz CT molecular complexity index is 1330. The molecule has 1 aliphatic rings. The second-order valence-corrected chi connectivity index (χ2v) is 12.7. The van der Waals surface area contributed by atoms with Gasteiger partial charge in [0.15, 0.2) is 5.13 Å². The third-order valence-electron chi connectivity index (χ3n) is 6.81. The zero-order chi connectivity index (χ0) is 27.8. The van der Waals surface area contributed by atoms with Crippen LogP contribution in [0.4, 0.5) is 5.13 Å². The van der Waals surface area contributed by atoms with Gasteiger partial charge in [-0.15, -0.1) is 0 Å². The van der Waals surface area contributed by atoms with Crippen LogP contribution in [-0.4, -0.2) is 62.6 Å². The van der Waals surface area contributed by atoms with Crippen molar-refractivity contribution in [2.24, 2.45) is 0 Å². The van der Waals surface area contributed by atoms with Gasteiger partial charge in [-0.25, -0.2) is 13.4 Å². The van der Waals surface area contributed by atoms with E-state index in [4.69, 9.17) is 14.5 Å². The minimum atomic E-state index is -3.64. The number of amides is 1. The molecule has 0 spiro atoms. The zero-order valence-electron chi connectivity index (χ0n) is 23.1. The second kappa shape index (κ2) is 13.7. The summed E-state index contributed by atoms with van der Waals surface area (Å²) in [5.74, 6) is 0.535. The lowest BCUT2D eigenvalue weighted by atomic mass is 10.2. The first-order valence-corrected chi connectivity index (χ1v) is 16.2. The first kappa shape index (κ1) is 29.5. The summed E-state index contributed by atoms with van der Waals surface area (Å²) < 4.78 is 40.7. The molecule has 0 aliphatic carbocycles. The largest absolute Gasteiger partial charge is 0.494 e. The van der Waals surface area contributed by atoms with Gasteiger partial charge < -0.3 is 9.47 Å². The summed E-state index contributed by atoms with van der Waals surface area (Å²) in [6.45, 7) is 8.68. The molecule has 39 heavy (non-hydrogen) atoms. The van der Waals surface area contributed by atoms with Crippen LogP contribution in [0, 0.1) is 0 Å². The topological polar surface area (TPSA) is 89.0 Å². The SMILES string of the molecule is CCCCN(CCCC)S(=O)(=O)c1ccc(C(=O)N(CC2CCCO2)c2nc3ccc(OCC)cc3s2)cc1. The summed E-state index contributed by atoms with van der Waals surface area (Å²) in [6, 6.07) is 12.0. The minimum absolute atomic E-state index is 0.0645. The van der Waals surface area contributed by atoms with Crippen molar-refractivity contribution in [3.05, 3.63) is 48.0 Å². The molecule has 2 aromatic carbocycles. The van der Waals surface area contributed by atoms with E-state index in [0.717, 1.165) is 54.5 Å². The quantitative estimate of drug-likeness (QED) is 0.231. The smallest absolute Gasteiger partial charge is 0.260 e. The molecule has 212 valence electrons. The highest BCUT2D eigenvalue weighted by molar-refractivity contribution is 7.89. The third-order valence-corrected chi connectivity index (χ3v) is 9.76. The van der Waals surface area contributed by atoms with Gasteiger partial charge in [0.1, 0.15) is 5.75 Å². The van der Waals surface area contributed by atoms with Crippen molar-refractivity contribution in [3.63, 3.8) is 0 Å². The number of sulfonamides is 1. The Kier molecular flexibility index (Phi) is 10.3. The highest BCUT2D eigenvalue weighted by Crippen LogP contribution is 2.33. The Morgan fingerprint density at radius 3 is 2.41 bits per heavy atom. The Morgan fingerprint density at radius 1 is 1.08 bits per heavy atom. The molecule has 0 bridgehead atoms. The molecule has 1 fully saturated rings. The van der Waals surface area contributed by atoms with E-state index < -0.39 is 10.0 Å². The predicted octanol–water partition coefficient (Wildman–Crippen LogP) is 6.11. The lowest BCUT2D eigenvalue weighted by Gasteiger charge is -2.24. The van der Waals surface area contributed by atoms with Crippen LogP contribution in [0.3, 0.4) is 0 Å². The maximum Gasteiger partial charge on any atom is 0.260 e. The number of anilines is 1. The van der Waals surface area contributed by atoms with Crippen molar-refractivity contribution >= 4 is 42.6 Å². The third kappa shape index (κ3) is 7.16. The van der Waals surface area contributed by atoms with E-state index in [-0.39, 0.29) is 16.9 Å². The zero-order valence-corrected chi connectivity index (χ0v) is 24.7. The maximum atomic E-state index is 13.8. The maximum absolute atomic E-state index is 13.8. The van der Waals surface area contributed by atoms with Crippen LogP contribution in [0.5, 0.6) is 5.75 Å². The normalized spacial score (nSPS) is 15.7. The van der Waals surface area contributed by atoms with Crippen molar-refractivity contribution in [1.29, 1.82) is 0 Å². The van der Waals surface area contributed by atoms with Crippen LogP contribution >= 0.6 is 11.3 Å². The number of carbonyl (C=O) groups excluding carboxylic acids is 1. The average Bonchev–Trinajstić information content (AvgIpc) is 3.61. The molecular weight excluding hydrogens is 534 g/mol. The molecule has 1 aromatic heterocycles. The summed E-state index contributed by atoms with van der Waals surface area (Å²) >= 11 is 1.43. The van der Waals surface area contributed by atoms with Crippen LogP contribution in [0.15, 0.2) is 47.4 Å². The molecule has 3 aromatic rings. The van der Waals surface area contributed by atoms with Crippen LogP contribution in [0.1, 0.15) is 69.7 Å². The summed E-state index contributed by atoms with van der Waals surface area (Å²) in [6.07, 6.45) is 5.24. The molecule has 1 atom stereocenters. The van der Waals surface area contributed by atoms with Gasteiger partial charge in [-0.05, 0) is 75.1 Å². The van der Waals surface area contributed by atoms with Gasteiger partial charge in [0.25, 0.3) is 5.91 Å². The number of rotatable bonds is 14. The van der Waals surface area contributed by atoms with Crippen LogP contribution in [0.25, 0.3) is 10.2 Å². The van der Waals surface area contributed by atoms with Crippen molar-refractivity contribution in [2.45, 2.75) is 70.3 Å². The highest BCUT2D eigenvalue weighted by Gasteiger charge is 2.28. The van der Waals surface area contributed by atoms with Crippen LogP contribution in [-0.2, 0) is 14.8 Å². The van der Waals surface area contributed by atoms with Gasteiger partial charge in [0.05, 0.1) is 34.4 Å². The molecule has 1 amide bonds. The molecule has 0 N–H and O–H groups in total. The predicted molar refractivity (Wildman–Crippen MR) is 156 cm³/mol. The summed E-state index contributed by atoms with van der Waals surface area (Å²) in [7, 11) is -3.64. The molecule has 1 saturated heterocycles. The first-order chi connectivity index (χ1) is 18.9. The van der Waals surface area contributed by atoms with Gasteiger partial charge in [-0.2, -0.15) is 4.31 Å². The molecule has 1 unspecified atom stereocenters. The molecule has 8 nitrogen and oxygen atoms in total. The van der Waals surface area contributed by atoms with Gasteiger partial charge >= 0.3 is 0 Å².